The van der Waals surface area contributed by atoms with E-state index in [9.17, 15) is 9.59 Å². The first-order valence-electron chi connectivity index (χ1n) is 7.67. The van der Waals surface area contributed by atoms with Gasteiger partial charge in [-0.05, 0) is 26.0 Å². The van der Waals surface area contributed by atoms with Crippen LogP contribution in [-0.4, -0.2) is 58.0 Å². The molecule has 1 aliphatic rings. The number of nitrogens with zero attached hydrogens (tertiary/aromatic N) is 3. The number of piperazine rings is 1. The zero-order valence-electron chi connectivity index (χ0n) is 13.3. The van der Waals surface area contributed by atoms with E-state index in [0.717, 1.165) is 17.0 Å². The molecule has 23 heavy (non-hydrogen) atoms. The molecule has 1 saturated heterocycles. The molecule has 3 heterocycles. The molecule has 0 spiro atoms. The number of furan rings is 1. The van der Waals surface area contributed by atoms with Crippen molar-refractivity contribution in [3.05, 3.63) is 41.1 Å². The van der Waals surface area contributed by atoms with Crippen molar-refractivity contribution in [2.75, 3.05) is 26.2 Å². The molecule has 0 aliphatic carbocycles. The van der Waals surface area contributed by atoms with Gasteiger partial charge in [0.1, 0.15) is 0 Å². The van der Waals surface area contributed by atoms with Gasteiger partial charge in [-0.3, -0.25) is 14.7 Å². The van der Waals surface area contributed by atoms with Crippen LogP contribution in [0.15, 0.2) is 22.8 Å². The lowest BCUT2D eigenvalue weighted by molar-refractivity contribution is -0.131. The summed E-state index contributed by atoms with van der Waals surface area (Å²) in [4.78, 5) is 28.2. The van der Waals surface area contributed by atoms with Gasteiger partial charge in [0.2, 0.25) is 5.91 Å². The maximum Gasteiger partial charge on any atom is 0.289 e. The molecule has 2 aromatic rings. The molecule has 1 fully saturated rings. The molecule has 2 aromatic heterocycles. The number of amides is 2. The molecule has 1 N–H and O–H groups in total. The van der Waals surface area contributed by atoms with Crippen LogP contribution in [0.5, 0.6) is 0 Å². The summed E-state index contributed by atoms with van der Waals surface area (Å²) in [7, 11) is 0. The third kappa shape index (κ3) is 3.13. The largest absolute Gasteiger partial charge is 0.459 e. The van der Waals surface area contributed by atoms with Crippen LogP contribution in [0.3, 0.4) is 0 Å². The first kappa shape index (κ1) is 15.3. The Morgan fingerprint density at radius 3 is 2.48 bits per heavy atom. The minimum Gasteiger partial charge on any atom is -0.459 e. The Morgan fingerprint density at radius 2 is 1.91 bits per heavy atom. The van der Waals surface area contributed by atoms with E-state index in [1.165, 1.54) is 6.26 Å². The second-order valence-electron chi connectivity index (χ2n) is 5.74. The van der Waals surface area contributed by atoms with Crippen molar-refractivity contribution in [3.8, 4) is 0 Å². The number of H-pyrrole nitrogens is 1. The van der Waals surface area contributed by atoms with E-state index in [-0.39, 0.29) is 11.8 Å². The maximum atomic E-state index is 12.4. The van der Waals surface area contributed by atoms with Gasteiger partial charge in [0.25, 0.3) is 5.91 Å². The summed E-state index contributed by atoms with van der Waals surface area (Å²) in [6, 6.07) is 3.35. The molecule has 0 radical (unpaired) electrons. The van der Waals surface area contributed by atoms with Crippen molar-refractivity contribution in [3.63, 3.8) is 0 Å². The van der Waals surface area contributed by atoms with Crippen LogP contribution in [0.1, 0.15) is 27.5 Å². The van der Waals surface area contributed by atoms with Gasteiger partial charge in [-0.25, -0.2) is 0 Å². The Morgan fingerprint density at radius 1 is 1.22 bits per heavy atom. The second-order valence-corrected chi connectivity index (χ2v) is 5.74. The molecule has 122 valence electrons. The Hall–Kier alpha value is -2.57. The fraction of sp³-hybridized carbons (Fsp3) is 0.438. The molecular formula is C16H20N4O3. The SMILES string of the molecule is Cc1n[nH]c(C)c1CC(=O)N1CCN(C(=O)c2ccco2)CC1. The highest BCUT2D eigenvalue weighted by molar-refractivity contribution is 5.91. The molecule has 3 rings (SSSR count). The van der Waals surface area contributed by atoms with Crippen LogP contribution in [0, 0.1) is 13.8 Å². The first-order chi connectivity index (χ1) is 11.1. The third-order valence-electron chi connectivity index (χ3n) is 4.26. The molecular weight excluding hydrogens is 296 g/mol. The zero-order chi connectivity index (χ0) is 16.4. The Balaban J connectivity index is 1.56. The third-order valence-corrected chi connectivity index (χ3v) is 4.26. The monoisotopic (exact) mass is 316 g/mol. The maximum absolute atomic E-state index is 12.4. The Kier molecular flexibility index (Phi) is 4.18. The number of rotatable bonds is 3. The van der Waals surface area contributed by atoms with Crippen LogP contribution >= 0.6 is 0 Å². The summed E-state index contributed by atoms with van der Waals surface area (Å²) in [5, 5.41) is 7.02. The number of nitrogens with one attached hydrogen (secondary N) is 1. The second kappa shape index (κ2) is 6.28. The molecule has 0 unspecified atom stereocenters. The summed E-state index contributed by atoms with van der Waals surface area (Å²) >= 11 is 0. The van der Waals surface area contributed by atoms with Gasteiger partial charge in [0.05, 0.1) is 18.4 Å². The number of aromatic amines is 1. The van der Waals surface area contributed by atoms with E-state index in [1.54, 1.807) is 21.9 Å². The van der Waals surface area contributed by atoms with Crippen molar-refractivity contribution in [1.29, 1.82) is 0 Å². The van der Waals surface area contributed by atoms with Crippen molar-refractivity contribution in [2.24, 2.45) is 0 Å². The molecule has 0 bridgehead atoms. The first-order valence-corrected chi connectivity index (χ1v) is 7.67. The molecule has 7 nitrogen and oxygen atoms in total. The number of aryl methyl sites for hydroxylation is 2. The quantitative estimate of drug-likeness (QED) is 0.921. The molecule has 0 saturated carbocycles. The number of carbonyl (C=O) groups excluding carboxylic acids is 2. The van der Waals surface area contributed by atoms with Crippen LogP contribution in [0.25, 0.3) is 0 Å². The lowest BCUT2D eigenvalue weighted by Gasteiger charge is -2.34. The highest BCUT2D eigenvalue weighted by Gasteiger charge is 2.26. The average molecular weight is 316 g/mol. The Bertz CT molecular complexity index is 677. The fourth-order valence-electron chi connectivity index (χ4n) is 2.81. The van der Waals surface area contributed by atoms with Gasteiger partial charge < -0.3 is 14.2 Å². The topological polar surface area (TPSA) is 82.4 Å². The predicted molar refractivity (Wildman–Crippen MR) is 83.0 cm³/mol. The van der Waals surface area contributed by atoms with E-state index in [2.05, 4.69) is 10.2 Å². The number of carbonyl (C=O) groups is 2. The molecule has 0 atom stereocenters. The van der Waals surface area contributed by atoms with E-state index in [1.807, 2.05) is 13.8 Å². The van der Waals surface area contributed by atoms with Gasteiger partial charge >= 0.3 is 0 Å². The molecule has 2 amide bonds. The molecule has 7 heteroatoms. The van der Waals surface area contributed by atoms with Gasteiger partial charge in [-0.2, -0.15) is 5.10 Å². The predicted octanol–water partition coefficient (Wildman–Crippen LogP) is 1.15. The summed E-state index contributed by atoms with van der Waals surface area (Å²) in [6.45, 7) is 5.94. The van der Waals surface area contributed by atoms with E-state index in [0.29, 0.717) is 38.4 Å². The summed E-state index contributed by atoms with van der Waals surface area (Å²) in [5.41, 5.74) is 2.76. The normalized spacial score (nSPS) is 15.0. The minimum absolute atomic E-state index is 0.0719. The van der Waals surface area contributed by atoms with Crippen LogP contribution in [0.4, 0.5) is 0 Å². The van der Waals surface area contributed by atoms with Gasteiger partial charge in [-0.15, -0.1) is 0 Å². The highest BCUT2D eigenvalue weighted by Crippen LogP contribution is 2.14. The minimum atomic E-state index is -0.122. The van der Waals surface area contributed by atoms with Crippen LogP contribution in [0.2, 0.25) is 0 Å². The molecule has 1 aliphatic heterocycles. The number of aromatic nitrogens is 2. The summed E-state index contributed by atoms with van der Waals surface area (Å²) in [6.07, 6.45) is 1.84. The fourth-order valence-corrected chi connectivity index (χ4v) is 2.81. The van der Waals surface area contributed by atoms with Crippen molar-refractivity contribution in [2.45, 2.75) is 20.3 Å². The average Bonchev–Trinajstić information content (AvgIpc) is 3.20. The van der Waals surface area contributed by atoms with Crippen LogP contribution < -0.4 is 0 Å². The van der Waals surface area contributed by atoms with Crippen molar-refractivity contribution in [1.82, 2.24) is 20.0 Å². The number of hydrogen-bond acceptors (Lipinski definition) is 4. The van der Waals surface area contributed by atoms with Crippen molar-refractivity contribution < 1.29 is 14.0 Å². The zero-order valence-corrected chi connectivity index (χ0v) is 13.3. The highest BCUT2D eigenvalue weighted by atomic mass is 16.3. The smallest absolute Gasteiger partial charge is 0.289 e. The van der Waals surface area contributed by atoms with Crippen LogP contribution in [-0.2, 0) is 11.2 Å². The lowest BCUT2D eigenvalue weighted by atomic mass is 10.1. The van der Waals surface area contributed by atoms with Gasteiger partial charge in [0, 0.05) is 37.4 Å². The van der Waals surface area contributed by atoms with Gasteiger partial charge in [-0.1, -0.05) is 0 Å². The molecule has 0 aromatic carbocycles. The van der Waals surface area contributed by atoms with E-state index >= 15 is 0 Å². The standard InChI is InChI=1S/C16H20N4O3/c1-11-13(12(2)18-17-11)10-15(21)19-5-7-20(8-6-19)16(22)14-4-3-9-23-14/h3-4,9H,5-8,10H2,1-2H3,(H,17,18). The lowest BCUT2D eigenvalue weighted by Crippen LogP contribution is -2.51. The Labute approximate surface area is 134 Å². The number of hydrogen-bond donors (Lipinski definition) is 1. The van der Waals surface area contributed by atoms with E-state index in [4.69, 9.17) is 4.42 Å². The van der Waals surface area contributed by atoms with Crippen molar-refractivity contribution >= 4 is 11.8 Å². The van der Waals surface area contributed by atoms with E-state index < -0.39 is 0 Å². The van der Waals surface area contributed by atoms with Gasteiger partial charge in [0.15, 0.2) is 5.76 Å². The summed E-state index contributed by atoms with van der Waals surface area (Å²) < 4.78 is 5.14. The summed E-state index contributed by atoms with van der Waals surface area (Å²) in [5.74, 6) is 0.292.